The predicted molar refractivity (Wildman–Crippen MR) is 96.3 cm³/mol. The summed E-state index contributed by atoms with van der Waals surface area (Å²) in [7, 11) is 0. The molecule has 122 valence electrons. The quantitative estimate of drug-likeness (QED) is 0.818. The van der Waals surface area contributed by atoms with Gasteiger partial charge in [0.1, 0.15) is 0 Å². The molecule has 2 atom stereocenters. The molecule has 2 aromatic rings. The lowest BCUT2D eigenvalue weighted by atomic mass is 10.1. The second-order valence-corrected chi connectivity index (χ2v) is 6.92. The maximum atomic E-state index is 12.2. The van der Waals surface area contributed by atoms with E-state index in [1.165, 1.54) is 17.3 Å². The van der Waals surface area contributed by atoms with Crippen molar-refractivity contribution < 1.29 is 9.90 Å². The van der Waals surface area contributed by atoms with Crippen LogP contribution in [0.25, 0.3) is 0 Å². The molecule has 2 aromatic carbocycles. The summed E-state index contributed by atoms with van der Waals surface area (Å²) in [6.07, 6.45) is -0.548. The minimum absolute atomic E-state index is 0.00138. The van der Waals surface area contributed by atoms with Crippen molar-refractivity contribution in [3.05, 3.63) is 71.3 Å². The molecule has 3 nitrogen and oxygen atoms in total. The molecule has 0 heterocycles. The normalized spacial score (nSPS) is 13.3. The lowest BCUT2D eigenvalue weighted by Gasteiger charge is -2.15. The number of benzene rings is 2. The van der Waals surface area contributed by atoms with Crippen LogP contribution in [0.15, 0.2) is 54.6 Å². The maximum absolute atomic E-state index is 12.2. The summed E-state index contributed by atoms with van der Waals surface area (Å²) in [6, 6.07) is 17.5. The van der Waals surface area contributed by atoms with Crippen molar-refractivity contribution in [1.82, 2.24) is 5.32 Å². The molecular formula is C19H23NO2S. The number of hydrogen-bond donors (Lipinski definition) is 2. The van der Waals surface area contributed by atoms with Gasteiger partial charge in [-0.3, -0.25) is 4.79 Å². The Balaban J connectivity index is 1.78. The Morgan fingerprint density at radius 3 is 2.48 bits per heavy atom. The minimum Gasteiger partial charge on any atom is -0.388 e. The fourth-order valence-electron chi connectivity index (χ4n) is 2.22. The van der Waals surface area contributed by atoms with Gasteiger partial charge < -0.3 is 10.4 Å². The summed E-state index contributed by atoms with van der Waals surface area (Å²) < 4.78 is 0. The molecule has 0 aliphatic heterocycles. The third-order valence-corrected chi connectivity index (χ3v) is 4.99. The van der Waals surface area contributed by atoms with Crippen LogP contribution in [0.2, 0.25) is 0 Å². The Kier molecular flexibility index (Phi) is 6.68. The van der Waals surface area contributed by atoms with Crippen molar-refractivity contribution >= 4 is 17.7 Å². The minimum atomic E-state index is -0.548. The zero-order valence-corrected chi connectivity index (χ0v) is 14.3. The van der Waals surface area contributed by atoms with Crippen molar-refractivity contribution in [1.29, 1.82) is 0 Å². The number of aryl methyl sites for hydroxylation is 1. The summed E-state index contributed by atoms with van der Waals surface area (Å²) in [5, 5.41) is 12.9. The fourth-order valence-corrected chi connectivity index (χ4v) is 3.12. The number of carbonyl (C=O) groups excluding carboxylic acids is 1. The Labute approximate surface area is 142 Å². The molecule has 0 aliphatic rings. The van der Waals surface area contributed by atoms with Gasteiger partial charge in [-0.25, -0.2) is 0 Å². The standard InChI is InChI=1S/C19H23NO2S/c1-14-8-6-7-11-17(14)12-20-19(22)15(2)23-13-18(21)16-9-4-3-5-10-16/h3-11,15,18,21H,12-13H2,1-2H3,(H,20,22). The Bertz CT molecular complexity index is 630. The van der Waals surface area contributed by atoms with Gasteiger partial charge in [0.05, 0.1) is 11.4 Å². The van der Waals surface area contributed by atoms with E-state index in [0.717, 1.165) is 11.1 Å². The van der Waals surface area contributed by atoms with Crippen molar-refractivity contribution in [3.8, 4) is 0 Å². The number of thioether (sulfide) groups is 1. The molecule has 0 bridgehead atoms. The number of amides is 1. The average Bonchev–Trinajstić information content (AvgIpc) is 2.59. The summed E-state index contributed by atoms with van der Waals surface area (Å²) in [5.41, 5.74) is 3.18. The van der Waals surface area contributed by atoms with E-state index in [2.05, 4.69) is 5.32 Å². The third-order valence-electron chi connectivity index (χ3n) is 3.77. The first-order valence-corrected chi connectivity index (χ1v) is 8.79. The highest BCUT2D eigenvalue weighted by Gasteiger charge is 2.16. The van der Waals surface area contributed by atoms with Crippen LogP contribution in [0.4, 0.5) is 0 Å². The van der Waals surface area contributed by atoms with Gasteiger partial charge in [-0.15, -0.1) is 11.8 Å². The molecule has 0 saturated carbocycles. The lowest BCUT2D eigenvalue weighted by Crippen LogP contribution is -2.31. The molecule has 0 saturated heterocycles. The van der Waals surface area contributed by atoms with Gasteiger partial charge in [0.2, 0.25) is 5.91 Å². The zero-order chi connectivity index (χ0) is 16.7. The highest BCUT2D eigenvalue weighted by atomic mass is 32.2. The monoisotopic (exact) mass is 329 g/mol. The molecule has 2 rings (SSSR count). The molecule has 1 amide bonds. The molecule has 0 aliphatic carbocycles. The molecule has 2 unspecified atom stereocenters. The number of aliphatic hydroxyl groups is 1. The number of aliphatic hydroxyl groups excluding tert-OH is 1. The second-order valence-electron chi connectivity index (χ2n) is 5.55. The Hall–Kier alpha value is -1.78. The van der Waals surface area contributed by atoms with Crippen LogP contribution in [0, 0.1) is 6.92 Å². The fraction of sp³-hybridized carbons (Fsp3) is 0.316. The topological polar surface area (TPSA) is 49.3 Å². The largest absolute Gasteiger partial charge is 0.388 e. The van der Waals surface area contributed by atoms with Gasteiger partial charge in [-0.1, -0.05) is 54.6 Å². The van der Waals surface area contributed by atoms with Crippen LogP contribution in [0.1, 0.15) is 29.7 Å². The lowest BCUT2D eigenvalue weighted by molar-refractivity contribution is -0.120. The van der Waals surface area contributed by atoms with Gasteiger partial charge in [-0.2, -0.15) is 0 Å². The van der Waals surface area contributed by atoms with Crippen molar-refractivity contribution in [2.24, 2.45) is 0 Å². The highest BCUT2D eigenvalue weighted by molar-refractivity contribution is 8.00. The SMILES string of the molecule is Cc1ccccc1CNC(=O)C(C)SCC(O)c1ccccc1. The first-order chi connectivity index (χ1) is 11.1. The van der Waals surface area contributed by atoms with Gasteiger partial charge in [-0.05, 0) is 30.5 Å². The van der Waals surface area contributed by atoms with E-state index in [0.29, 0.717) is 12.3 Å². The smallest absolute Gasteiger partial charge is 0.233 e. The van der Waals surface area contributed by atoms with Gasteiger partial charge >= 0.3 is 0 Å². The Morgan fingerprint density at radius 2 is 1.78 bits per heavy atom. The second kappa shape index (κ2) is 8.75. The molecule has 0 spiro atoms. The number of hydrogen-bond acceptors (Lipinski definition) is 3. The molecule has 23 heavy (non-hydrogen) atoms. The van der Waals surface area contributed by atoms with Gasteiger partial charge in [0.15, 0.2) is 0 Å². The van der Waals surface area contributed by atoms with Crippen LogP contribution < -0.4 is 5.32 Å². The van der Waals surface area contributed by atoms with E-state index in [4.69, 9.17) is 0 Å². The maximum Gasteiger partial charge on any atom is 0.233 e. The van der Waals surface area contributed by atoms with E-state index >= 15 is 0 Å². The number of nitrogens with one attached hydrogen (secondary N) is 1. The first-order valence-electron chi connectivity index (χ1n) is 7.74. The van der Waals surface area contributed by atoms with Gasteiger partial charge in [0.25, 0.3) is 0 Å². The summed E-state index contributed by atoms with van der Waals surface area (Å²) in [5.74, 6) is 0.502. The van der Waals surface area contributed by atoms with Crippen molar-refractivity contribution in [2.75, 3.05) is 5.75 Å². The van der Waals surface area contributed by atoms with Gasteiger partial charge in [0, 0.05) is 12.3 Å². The molecule has 2 N–H and O–H groups in total. The predicted octanol–water partition coefficient (Wildman–Crippen LogP) is 3.47. The summed E-state index contributed by atoms with van der Waals surface area (Å²) in [4.78, 5) is 12.2. The van der Waals surface area contributed by atoms with Crippen molar-refractivity contribution in [3.63, 3.8) is 0 Å². The zero-order valence-electron chi connectivity index (χ0n) is 13.5. The molecule has 0 aromatic heterocycles. The van der Waals surface area contributed by atoms with E-state index in [-0.39, 0.29) is 11.2 Å². The van der Waals surface area contributed by atoms with Crippen LogP contribution in [0.5, 0.6) is 0 Å². The highest BCUT2D eigenvalue weighted by Crippen LogP contribution is 2.21. The van der Waals surface area contributed by atoms with Crippen molar-refractivity contribution in [2.45, 2.75) is 31.7 Å². The van der Waals surface area contributed by atoms with E-state index < -0.39 is 6.10 Å². The van der Waals surface area contributed by atoms with Crippen LogP contribution >= 0.6 is 11.8 Å². The average molecular weight is 329 g/mol. The first kappa shape index (κ1) is 17.6. The summed E-state index contributed by atoms with van der Waals surface area (Å²) in [6.45, 7) is 4.45. The molecule has 4 heteroatoms. The van der Waals surface area contributed by atoms with E-state index in [1.807, 2.05) is 68.4 Å². The molecule has 0 fully saturated rings. The van der Waals surface area contributed by atoms with Crippen LogP contribution in [-0.4, -0.2) is 22.0 Å². The summed E-state index contributed by atoms with van der Waals surface area (Å²) >= 11 is 1.46. The Morgan fingerprint density at radius 1 is 1.13 bits per heavy atom. The number of carbonyl (C=O) groups is 1. The van der Waals surface area contributed by atoms with E-state index in [1.54, 1.807) is 0 Å². The van der Waals surface area contributed by atoms with Crippen LogP contribution in [-0.2, 0) is 11.3 Å². The third kappa shape index (κ3) is 5.41. The van der Waals surface area contributed by atoms with E-state index in [9.17, 15) is 9.90 Å². The molecule has 0 radical (unpaired) electrons. The number of rotatable bonds is 7. The van der Waals surface area contributed by atoms with Crippen LogP contribution in [0.3, 0.4) is 0 Å². The molecular weight excluding hydrogens is 306 g/mol.